The van der Waals surface area contributed by atoms with E-state index >= 15 is 0 Å². The van der Waals surface area contributed by atoms with E-state index in [1.54, 1.807) is 25.3 Å². The fourth-order valence-corrected chi connectivity index (χ4v) is 2.61. The minimum atomic E-state index is -4.13. The van der Waals surface area contributed by atoms with E-state index < -0.39 is 18.1 Å². The highest BCUT2D eigenvalue weighted by molar-refractivity contribution is 5.29. The Morgan fingerprint density at radius 3 is 2.84 bits per heavy atom. The summed E-state index contributed by atoms with van der Waals surface area (Å²) in [6.45, 7) is 0.654. The van der Waals surface area contributed by atoms with Gasteiger partial charge in [0.1, 0.15) is 5.75 Å². The third-order valence-corrected chi connectivity index (χ3v) is 3.59. The van der Waals surface area contributed by atoms with E-state index in [1.807, 2.05) is 6.07 Å². The zero-order valence-electron chi connectivity index (χ0n) is 10.8. The number of nitrogens with one attached hydrogen (secondary N) is 1. The molecule has 0 saturated carbocycles. The smallest absolute Gasteiger partial charge is 0.393 e. The van der Waals surface area contributed by atoms with E-state index in [0.29, 0.717) is 25.1 Å². The topological polar surface area (TPSA) is 21.3 Å². The lowest BCUT2D eigenvalue weighted by Crippen LogP contribution is -2.48. The minimum Gasteiger partial charge on any atom is -0.497 e. The Bertz CT molecular complexity index is 419. The highest BCUT2D eigenvalue weighted by Crippen LogP contribution is 2.35. The number of hydrogen-bond acceptors (Lipinski definition) is 2. The first-order valence-electron chi connectivity index (χ1n) is 6.43. The maximum Gasteiger partial charge on any atom is 0.393 e. The predicted octanol–water partition coefficient (Wildman–Crippen LogP) is 3.17. The molecule has 0 bridgehead atoms. The molecule has 1 aliphatic heterocycles. The van der Waals surface area contributed by atoms with E-state index in [0.717, 1.165) is 5.56 Å². The van der Waals surface area contributed by atoms with Crippen LogP contribution in [0.3, 0.4) is 0 Å². The molecule has 19 heavy (non-hydrogen) atoms. The normalized spacial score (nSPS) is 24.2. The quantitative estimate of drug-likeness (QED) is 0.913. The number of rotatable bonds is 3. The average molecular weight is 273 g/mol. The fourth-order valence-electron chi connectivity index (χ4n) is 2.61. The molecule has 1 aromatic carbocycles. The van der Waals surface area contributed by atoms with E-state index in [-0.39, 0.29) is 6.42 Å². The Morgan fingerprint density at radius 1 is 1.37 bits per heavy atom. The van der Waals surface area contributed by atoms with Gasteiger partial charge in [-0.15, -0.1) is 0 Å². The van der Waals surface area contributed by atoms with Crippen molar-refractivity contribution in [1.29, 1.82) is 0 Å². The SMILES string of the molecule is COc1cccc(CC2NCCCC2C(F)(F)F)c1. The van der Waals surface area contributed by atoms with Crippen LogP contribution in [0.2, 0.25) is 0 Å². The molecule has 1 aliphatic rings. The van der Waals surface area contributed by atoms with Crippen molar-refractivity contribution in [2.45, 2.75) is 31.5 Å². The maximum atomic E-state index is 13.0. The van der Waals surface area contributed by atoms with Gasteiger partial charge in [0.05, 0.1) is 13.0 Å². The molecular formula is C14H18F3NO. The van der Waals surface area contributed by atoms with Gasteiger partial charge < -0.3 is 10.1 Å². The van der Waals surface area contributed by atoms with E-state index in [1.165, 1.54) is 0 Å². The van der Waals surface area contributed by atoms with Crippen LogP contribution >= 0.6 is 0 Å². The maximum absolute atomic E-state index is 13.0. The van der Waals surface area contributed by atoms with E-state index in [4.69, 9.17) is 4.74 Å². The van der Waals surface area contributed by atoms with Gasteiger partial charge in [0.25, 0.3) is 0 Å². The number of benzene rings is 1. The van der Waals surface area contributed by atoms with Crippen LogP contribution in [0.4, 0.5) is 13.2 Å². The summed E-state index contributed by atoms with van der Waals surface area (Å²) >= 11 is 0. The van der Waals surface area contributed by atoms with Crippen LogP contribution in [0, 0.1) is 5.92 Å². The summed E-state index contributed by atoms with van der Waals surface area (Å²) in [5, 5.41) is 3.00. The van der Waals surface area contributed by atoms with Crippen molar-refractivity contribution in [3.8, 4) is 5.75 Å². The summed E-state index contributed by atoms with van der Waals surface area (Å²) in [5.41, 5.74) is 0.869. The van der Waals surface area contributed by atoms with Crippen molar-refractivity contribution >= 4 is 0 Å². The second kappa shape index (κ2) is 5.82. The molecule has 0 aromatic heterocycles. The summed E-state index contributed by atoms with van der Waals surface area (Å²) in [6, 6.07) is 6.69. The van der Waals surface area contributed by atoms with Gasteiger partial charge in [0.15, 0.2) is 0 Å². The molecule has 2 nitrogen and oxygen atoms in total. The van der Waals surface area contributed by atoms with Gasteiger partial charge in [0.2, 0.25) is 0 Å². The lowest BCUT2D eigenvalue weighted by Gasteiger charge is -2.34. The van der Waals surface area contributed by atoms with E-state index in [9.17, 15) is 13.2 Å². The van der Waals surface area contributed by atoms with Gasteiger partial charge in [-0.1, -0.05) is 12.1 Å². The molecule has 5 heteroatoms. The summed E-state index contributed by atoms with van der Waals surface area (Å²) in [7, 11) is 1.55. The monoisotopic (exact) mass is 273 g/mol. The molecule has 0 spiro atoms. The highest BCUT2D eigenvalue weighted by atomic mass is 19.4. The standard InChI is InChI=1S/C14H18F3NO/c1-19-11-5-2-4-10(8-11)9-13-12(14(15,16)17)6-3-7-18-13/h2,4-5,8,12-13,18H,3,6-7,9H2,1H3. The summed E-state index contributed by atoms with van der Waals surface area (Å²) in [6.07, 6.45) is -2.96. The second-order valence-electron chi connectivity index (χ2n) is 4.91. The predicted molar refractivity (Wildman–Crippen MR) is 67.3 cm³/mol. The first kappa shape index (κ1) is 14.2. The van der Waals surface area contributed by atoms with Crippen molar-refractivity contribution in [1.82, 2.24) is 5.32 Å². The van der Waals surface area contributed by atoms with Crippen LogP contribution in [0.5, 0.6) is 5.75 Å². The van der Waals surface area contributed by atoms with Crippen molar-refractivity contribution in [3.05, 3.63) is 29.8 Å². The summed E-state index contributed by atoms with van der Waals surface area (Å²) < 4.78 is 44.0. The second-order valence-corrected chi connectivity index (χ2v) is 4.91. The lowest BCUT2D eigenvalue weighted by molar-refractivity contribution is -0.188. The molecule has 1 heterocycles. The van der Waals surface area contributed by atoms with Crippen LogP contribution in [0.25, 0.3) is 0 Å². The summed E-state index contributed by atoms with van der Waals surface area (Å²) in [4.78, 5) is 0. The van der Waals surface area contributed by atoms with Gasteiger partial charge in [-0.05, 0) is 43.5 Å². The minimum absolute atomic E-state index is 0.213. The third-order valence-electron chi connectivity index (χ3n) is 3.59. The molecule has 0 radical (unpaired) electrons. The average Bonchev–Trinajstić information content (AvgIpc) is 2.38. The van der Waals surface area contributed by atoms with Gasteiger partial charge >= 0.3 is 6.18 Å². The number of hydrogen-bond donors (Lipinski definition) is 1. The zero-order valence-corrected chi connectivity index (χ0v) is 10.8. The fraction of sp³-hybridized carbons (Fsp3) is 0.571. The van der Waals surface area contributed by atoms with Crippen LogP contribution in [0.1, 0.15) is 18.4 Å². The number of ether oxygens (including phenoxy) is 1. The zero-order chi connectivity index (χ0) is 13.9. The molecular weight excluding hydrogens is 255 g/mol. The lowest BCUT2D eigenvalue weighted by atomic mass is 9.86. The molecule has 2 unspecified atom stereocenters. The Balaban J connectivity index is 2.10. The van der Waals surface area contributed by atoms with Crippen LogP contribution < -0.4 is 10.1 Å². The van der Waals surface area contributed by atoms with E-state index in [2.05, 4.69) is 5.32 Å². The summed E-state index contributed by atoms with van der Waals surface area (Å²) in [5.74, 6) is -0.579. The highest BCUT2D eigenvalue weighted by Gasteiger charge is 2.45. The van der Waals surface area contributed by atoms with Gasteiger partial charge in [0, 0.05) is 6.04 Å². The van der Waals surface area contributed by atoms with Crippen molar-refractivity contribution < 1.29 is 17.9 Å². The Morgan fingerprint density at radius 2 is 2.16 bits per heavy atom. The first-order valence-corrected chi connectivity index (χ1v) is 6.43. The molecule has 1 aromatic rings. The number of piperidine rings is 1. The molecule has 106 valence electrons. The number of halogens is 3. The van der Waals surface area contributed by atoms with Crippen LogP contribution in [-0.2, 0) is 6.42 Å². The number of alkyl halides is 3. The molecule has 0 aliphatic carbocycles. The van der Waals surface area contributed by atoms with Crippen molar-refractivity contribution in [2.75, 3.05) is 13.7 Å². The molecule has 1 fully saturated rings. The van der Waals surface area contributed by atoms with Crippen molar-refractivity contribution in [3.63, 3.8) is 0 Å². The molecule has 2 atom stereocenters. The molecule has 2 rings (SSSR count). The van der Waals surface area contributed by atoms with Gasteiger partial charge in [-0.25, -0.2) is 0 Å². The first-order chi connectivity index (χ1) is 9.00. The molecule has 1 N–H and O–H groups in total. The Hall–Kier alpha value is -1.23. The number of methoxy groups -OCH3 is 1. The van der Waals surface area contributed by atoms with Crippen LogP contribution in [-0.4, -0.2) is 25.9 Å². The molecule has 1 saturated heterocycles. The van der Waals surface area contributed by atoms with Gasteiger partial charge in [-0.2, -0.15) is 13.2 Å². The Labute approximate surface area is 111 Å². The van der Waals surface area contributed by atoms with Crippen molar-refractivity contribution in [2.24, 2.45) is 5.92 Å². The Kier molecular flexibility index (Phi) is 4.34. The largest absolute Gasteiger partial charge is 0.497 e. The third kappa shape index (κ3) is 3.62. The molecule has 0 amide bonds. The van der Waals surface area contributed by atoms with Gasteiger partial charge in [-0.3, -0.25) is 0 Å². The van der Waals surface area contributed by atoms with Crippen LogP contribution in [0.15, 0.2) is 24.3 Å².